The van der Waals surface area contributed by atoms with Gasteiger partial charge in [0.1, 0.15) is 22.6 Å². The monoisotopic (exact) mass is 395 g/mol. The molecular weight excluding hydrogens is 374 g/mol. The average Bonchev–Trinajstić information content (AvgIpc) is 2.58. The van der Waals surface area contributed by atoms with Crippen LogP contribution in [0.1, 0.15) is 20.8 Å². The molecule has 2 rings (SSSR count). The van der Waals surface area contributed by atoms with Gasteiger partial charge in [-0.3, -0.25) is 4.79 Å². The Morgan fingerprint density at radius 1 is 1.12 bits per heavy atom. The van der Waals surface area contributed by atoms with Gasteiger partial charge in [-0.2, -0.15) is 0 Å². The number of hydrogen-bond donors (Lipinski definition) is 2. The fourth-order valence-electron chi connectivity index (χ4n) is 2.14. The van der Waals surface area contributed by atoms with Crippen molar-refractivity contribution in [3.63, 3.8) is 0 Å². The van der Waals surface area contributed by atoms with Gasteiger partial charge in [-0.1, -0.05) is 35.9 Å². The van der Waals surface area contributed by atoms with Crippen LogP contribution in [0.2, 0.25) is 5.02 Å². The van der Waals surface area contributed by atoms with Crippen molar-refractivity contribution >= 4 is 28.6 Å². The summed E-state index contributed by atoms with van der Waals surface area (Å²) in [6.45, 7) is 4.67. The summed E-state index contributed by atoms with van der Waals surface area (Å²) in [6.07, 6.45) is 0. The van der Waals surface area contributed by atoms with Gasteiger partial charge in [-0.25, -0.2) is 8.93 Å². The first-order valence-corrected chi connectivity index (χ1v) is 9.60. The van der Waals surface area contributed by atoms with Crippen LogP contribution in [-0.4, -0.2) is 33.5 Å². The highest BCUT2D eigenvalue weighted by Crippen LogP contribution is 2.22. The maximum Gasteiger partial charge on any atom is 0.327 e. The second kappa shape index (κ2) is 8.77. The van der Waals surface area contributed by atoms with Crippen molar-refractivity contribution in [2.45, 2.75) is 37.3 Å². The third-order valence-electron chi connectivity index (χ3n) is 3.37. The van der Waals surface area contributed by atoms with Crippen LogP contribution in [0.3, 0.4) is 0 Å². The lowest BCUT2D eigenvalue weighted by atomic mass is 10.1. The molecule has 0 heterocycles. The van der Waals surface area contributed by atoms with Gasteiger partial charge in [-0.05, 0) is 56.2 Å². The first kappa shape index (κ1) is 20.6. The summed E-state index contributed by atoms with van der Waals surface area (Å²) in [6, 6.07) is 13.4. The van der Waals surface area contributed by atoms with Crippen molar-refractivity contribution in [1.29, 1.82) is 0 Å². The highest BCUT2D eigenvalue weighted by Gasteiger charge is 2.26. The number of aliphatic hydroxyl groups excluding tert-OH is 1. The molecule has 0 amide bonds. The molecule has 0 aliphatic heterocycles. The van der Waals surface area contributed by atoms with Crippen LogP contribution in [0.15, 0.2) is 53.4 Å². The van der Waals surface area contributed by atoms with Crippen LogP contribution in [0, 0.1) is 0 Å². The summed E-state index contributed by atoms with van der Waals surface area (Å²) in [5, 5.41) is 10.1. The predicted molar refractivity (Wildman–Crippen MR) is 103 cm³/mol. The van der Waals surface area contributed by atoms with E-state index < -0.39 is 35.2 Å². The largest absolute Gasteiger partial charge is 0.459 e. The molecule has 2 atom stereocenters. The molecule has 7 heteroatoms. The molecule has 5 nitrogen and oxygen atoms in total. The first-order chi connectivity index (χ1) is 12.2. The molecule has 0 spiro atoms. The molecule has 0 fully saturated rings. The average molecular weight is 396 g/mol. The highest BCUT2D eigenvalue weighted by atomic mass is 35.5. The molecule has 0 aliphatic rings. The number of hydrogen-bond acceptors (Lipinski definition) is 4. The minimum Gasteiger partial charge on any atom is -0.459 e. The fourth-order valence-corrected chi connectivity index (χ4v) is 3.22. The third kappa shape index (κ3) is 5.92. The zero-order valence-electron chi connectivity index (χ0n) is 14.9. The molecule has 0 aliphatic carbocycles. The van der Waals surface area contributed by atoms with Crippen LogP contribution < -0.4 is 4.72 Å². The van der Waals surface area contributed by atoms with Gasteiger partial charge in [0.25, 0.3) is 0 Å². The lowest BCUT2D eigenvalue weighted by Crippen LogP contribution is -2.44. The molecule has 0 radical (unpaired) electrons. The van der Waals surface area contributed by atoms with E-state index in [0.717, 1.165) is 11.1 Å². The van der Waals surface area contributed by atoms with Crippen molar-refractivity contribution in [1.82, 2.24) is 4.72 Å². The minimum atomic E-state index is -1.66. The molecule has 0 saturated carbocycles. The van der Waals surface area contributed by atoms with E-state index in [9.17, 15) is 14.1 Å². The smallest absolute Gasteiger partial charge is 0.327 e. The van der Waals surface area contributed by atoms with Gasteiger partial charge >= 0.3 is 5.97 Å². The second-order valence-electron chi connectivity index (χ2n) is 6.69. The van der Waals surface area contributed by atoms with E-state index >= 15 is 0 Å². The maximum absolute atomic E-state index is 12.4. The number of esters is 1. The molecule has 0 aromatic heterocycles. The van der Waals surface area contributed by atoms with E-state index in [4.69, 9.17) is 16.3 Å². The highest BCUT2D eigenvalue weighted by molar-refractivity contribution is 7.83. The van der Waals surface area contributed by atoms with Crippen molar-refractivity contribution < 1.29 is 18.8 Å². The summed E-state index contributed by atoms with van der Waals surface area (Å²) in [5.74, 6) is -0.647. The molecular formula is C19H22ClNO4S. The van der Waals surface area contributed by atoms with Gasteiger partial charge in [0, 0.05) is 5.02 Å². The van der Waals surface area contributed by atoms with Gasteiger partial charge in [0.05, 0.1) is 11.5 Å². The number of nitrogens with one attached hydrogen (secondary N) is 1. The topological polar surface area (TPSA) is 75.6 Å². The Kier molecular flexibility index (Phi) is 6.94. The Morgan fingerprint density at radius 3 is 2.08 bits per heavy atom. The van der Waals surface area contributed by atoms with Gasteiger partial charge in [-0.15, -0.1) is 0 Å². The Morgan fingerprint density at radius 2 is 1.62 bits per heavy atom. The summed E-state index contributed by atoms with van der Waals surface area (Å²) in [7, 11) is -1.66. The normalized spacial score (nSPS) is 13.9. The lowest BCUT2D eigenvalue weighted by molar-refractivity contribution is -0.157. The molecule has 0 bridgehead atoms. The standard InChI is InChI=1S/C19H22ClNO4S/c1-19(2,3)25-18(23)17(12-22)21-26(24)16-10-6-14(7-11-16)13-4-8-15(20)9-5-13/h4-11,17,21-22H,12H2,1-3H3. The van der Waals surface area contributed by atoms with Gasteiger partial charge in [0.2, 0.25) is 0 Å². The second-order valence-corrected chi connectivity index (χ2v) is 8.37. The van der Waals surface area contributed by atoms with Gasteiger partial charge in [0.15, 0.2) is 0 Å². The number of benzene rings is 2. The van der Waals surface area contributed by atoms with E-state index in [2.05, 4.69) is 4.72 Å². The lowest BCUT2D eigenvalue weighted by Gasteiger charge is -2.23. The van der Waals surface area contributed by atoms with Crippen molar-refractivity contribution in [2.24, 2.45) is 0 Å². The Balaban J connectivity index is 2.07. The van der Waals surface area contributed by atoms with E-state index in [1.165, 1.54) is 0 Å². The van der Waals surface area contributed by atoms with Crippen LogP contribution >= 0.6 is 11.6 Å². The number of aliphatic hydroxyl groups is 1. The fraction of sp³-hybridized carbons (Fsp3) is 0.316. The summed E-state index contributed by atoms with van der Waals surface area (Å²) < 4.78 is 20.2. The molecule has 2 aromatic rings. The van der Waals surface area contributed by atoms with Crippen molar-refractivity contribution in [3.8, 4) is 11.1 Å². The van der Waals surface area contributed by atoms with Crippen LogP contribution in [0.5, 0.6) is 0 Å². The zero-order chi connectivity index (χ0) is 19.3. The third-order valence-corrected chi connectivity index (χ3v) is 4.82. The quantitative estimate of drug-likeness (QED) is 0.735. The number of halogens is 1. The van der Waals surface area contributed by atoms with Crippen LogP contribution in [0.25, 0.3) is 11.1 Å². The van der Waals surface area contributed by atoms with Gasteiger partial charge < -0.3 is 9.84 Å². The molecule has 26 heavy (non-hydrogen) atoms. The van der Waals surface area contributed by atoms with E-state index in [1.54, 1.807) is 45.0 Å². The predicted octanol–water partition coefficient (Wildman–Crippen LogP) is 3.32. The SMILES string of the molecule is CC(C)(C)OC(=O)C(CO)NS(=O)c1ccc(-c2ccc(Cl)cc2)cc1. The Bertz CT molecular complexity index is 770. The van der Waals surface area contributed by atoms with Crippen LogP contribution in [-0.2, 0) is 20.5 Å². The number of carbonyl (C=O) groups excluding carboxylic acids is 1. The number of ether oxygens (including phenoxy) is 1. The van der Waals surface area contributed by atoms with Crippen molar-refractivity contribution in [2.75, 3.05) is 6.61 Å². The minimum absolute atomic E-state index is 0.490. The number of carbonyl (C=O) groups is 1. The summed E-state index contributed by atoms with van der Waals surface area (Å²) in [5.41, 5.74) is 1.25. The Hall–Kier alpha value is -1.73. The molecule has 140 valence electrons. The van der Waals surface area contributed by atoms with E-state index in [1.807, 2.05) is 24.3 Å². The molecule has 0 saturated heterocycles. The van der Waals surface area contributed by atoms with Crippen molar-refractivity contribution in [3.05, 3.63) is 53.6 Å². The van der Waals surface area contributed by atoms with Crippen LogP contribution in [0.4, 0.5) is 0 Å². The van der Waals surface area contributed by atoms with E-state index in [0.29, 0.717) is 9.92 Å². The summed E-state index contributed by atoms with van der Waals surface area (Å²) in [4.78, 5) is 12.5. The summed E-state index contributed by atoms with van der Waals surface area (Å²) >= 11 is 5.89. The zero-order valence-corrected chi connectivity index (χ0v) is 16.4. The number of rotatable bonds is 6. The Labute approximate surface area is 160 Å². The first-order valence-electron chi connectivity index (χ1n) is 8.07. The molecule has 2 unspecified atom stereocenters. The maximum atomic E-state index is 12.4. The van der Waals surface area contributed by atoms with E-state index in [-0.39, 0.29) is 0 Å². The molecule has 2 N–H and O–H groups in total. The molecule has 2 aromatic carbocycles.